The Morgan fingerprint density at radius 2 is 1.79 bits per heavy atom. The highest BCUT2D eigenvalue weighted by Gasteiger charge is 1.98. The summed E-state index contributed by atoms with van der Waals surface area (Å²) in [5, 5.41) is 0. The van der Waals surface area contributed by atoms with Crippen LogP contribution in [0.15, 0.2) is 53.4 Å². The van der Waals surface area contributed by atoms with E-state index in [1.165, 1.54) is 41.0 Å². The summed E-state index contributed by atoms with van der Waals surface area (Å²) in [6.45, 7) is 2.06. The Bertz CT molecular complexity index is 508. The maximum absolute atomic E-state index is 5.82. The number of benzene rings is 2. The normalized spacial score (nSPS) is 10.6. The van der Waals surface area contributed by atoms with E-state index in [2.05, 4.69) is 49.4 Å². The van der Waals surface area contributed by atoms with E-state index in [0.29, 0.717) is 0 Å². The summed E-state index contributed by atoms with van der Waals surface area (Å²) >= 11 is 1.92. The molecule has 0 atom stereocenters. The zero-order chi connectivity index (χ0) is 13.5. The van der Waals surface area contributed by atoms with E-state index in [-0.39, 0.29) is 0 Å². The second-order valence-corrected chi connectivity index (χ2v) is 5.98. The third-order valence-electron chi connectivity index (χ3n) is 3.21. The second kappa shape index (κ2) is 7.25. The van der Waals surface area contributed by atoms with Crippen molar-refractivity contribution in [1.82, 2.24) is 0 Å². The Labute approximate surface area is 120 Å². The van der Waals surface area contributed by atoms with Crippen molar-refractivity contribution in [2.45, 2.75) is 31.1 Å². The van der Waals surface area contributed by atoms with E-state index in [9.17, 15) is 0 Å². The number of rotatable bonds is 6. The minimum atomic E-state index is 0.883. The van der Waals surface area contributed by atoms with E-state index in [4.69, 9.17) is 5.73 Å². The van der Waals surface area contributed by atoms with Crippen molar-refractivity contribution in [2.24, 2.45) is 0 Å². The van der Waals surface area contributed by atoms with Crippen LogP contribution in [0.5, 0.6) is 0 Å². The Morgan fingerprint density at radius 3 is 2.53 bits per heavy atom. The number of hydrogen-bond acceptors (Lipinski definition) is 2. The molecule has 0 aliphatic carbocycles. The van der Waals surface area contributed by atoms with Gasteiger partial charge < -0.3 is 5.73 Å². The smallest absolute Gasteiger partial charge is 0.0344 e. The molecule has 0 spiro atoms. The van der Waals surface area contributed by atoms with Gasteiger partial charge in [-0.1, -0.05) is 30.3 Å². The van der Waals surface area contributed by atoms with Gasteiger partial charge in [-0.3, -0.25) is 0 Å². The zero-order valence-corrected chi connectivity index (χ0v) is 12.2. The predicted octanol–water partition coefficient (Wildman–Crippen LogP) is 4.69. The van der Waals surface area contributed by atoms with E-state index in [1.807, 2.05) is 17.8 Å². The van der Waals surface area contributed by atoms with Crippen molar-refractivity contribution in [3.05, 3.63) is 59.7 Å². The molecule has 0 amide bonds. The summed E-state index contributed by atoms with van der Waals surface area (Å²) in [5.74, 6) is 1.18. The molecule has 2 N–H and O–H groups in total. The molecule has 0 saturated carbocycles. The Kier molecular flexibility index (Phi) is 5.34. The quantitative estimate of drug-likeness (QED) is 0.468. The van der Waals surface area contributed by atoms with Crippen molar-refractivity contribution < 1.29 is 0 Å². The predicted molar refractivity (Wildman–Crippen MR) is 85.7 cm³/mol. The average molecular weight is 271 g/mol. The average Bonchev–Trinajstić information content (AvgIpc) is 2.43. The summed E-state index contributed by atoms with van der Waals surface area (Å²) in [7, 11) is 0. The lowest BCUT2D eigenvalue weighted by molar-refractivity contribution is 0.802. The molecule has 0 aliphatic heterocycles. The van der Waals surface area contributed by atoms with Gasteiger partial charge in [-0.2, -0.15) is 0 Å². The Morgan fingerprint density at radius 1 is 1.00 bits per heavy atom. The molecule has 19 heavy (non-hydrogen) atoms. The van der Waals surface area contributed by atoms with Crippen LogP contribution in [-0.4, -0.2) is 5.75 Å². The Balaban J connectivity index is 1.68. The van der Waals surface area contributed by atoms with Gasteiger partial charge in [-0.15, -0.1) is 11.8 Å². The van der Waals surface area contributed by atoms with Crippen LogP contribution in [0.2, 0.25) is 0 Å². The molecule has 100 valence electrons. The van der Waals surface area contributed by atoms with Gasteiger partial charge >= 0.3 is 0 Å². The molecular formula is C17H21NS. The van der Waals surface area contributed by atoms with Crippen molar-refractivity contribution in [2.75, 3.05) is 11.5 Å². The minimum absolute atomic E-state index is 0.883. The van der Waals surface area contributed by atoms with Crippen molar-refractivity contribution >= 4 is 17.4 Å². The summed E-state index contributed by atoms with van der Waals surface area (Å²) in [4.78, 5) is 1.33. The molecule has 0 aromatic heterocycles. The number of anilines is 1. The molecule has 0 radical (unpaired) electrons. The van der Waals surface area contributed by atoms with Crippen LogP contribution in [0.25, 0.3) is 0 Å². The van der Waals surface area contributed by atoms with Gasteiger partial charge in [0.05, 0.1) is 0 Å². The van der Waals surface area contributed by atoms with Crippen LogP contribution in [0, 0.1) is 6.92 Å². The first-order chi connectivity index (χ1) is 9.25. The first-order valence-corrected chi connectivity index (χ1v) is 7.77. The molecule has 0 saturated heterocycles. The third-order valence-corrected chi connectivity index (χ3v) is 4.29. The van der Waals surface area contributed by atoms with E-state index in [1.54, 1.807) is 0 Å². The van der Waals surface area contributed by atoms with E-state index < -0.39 is 0 Å². The number of thioether (sulfide) groups is 1. The fourth-order valence-electron chi connectivity index (χ4n) is 2.00. The maximum Gasteiger partial charge on any atom is 0.0344 e. The van der Waals surface area contributed by atoms with Gasteiger partial charge in [0.2, 0.25) is 0 Å². The zero-order valence-electron chi connectivity index (χ0n) is 11.4. The first-order valence-electron chi connectivity index (χ1n) is 6.78. The van der Waals surface area contributed by atoms with Crippen molar-refractivity contribution in [1.29, 1.82) is 0 Å². The second-order valence-electron chi connectivity index (χ2n) is 4.81. The topological polar surface area (TPSA) is 26.0 Å². The molecule has 2 rings (SSSR count). The fraction of sp³-hybridized carbons (Fsp3) is 0.294. The fourth-order valence-corrected chi connectivity index (χ4v) is 3.01. The molecule has 0 bridgehead atoms. The monoisotopic (exact) mass is 271 g/mol. The summed E-state index contributed by atoms with van der Waals surface area (Å²) in [5.41, 5.74) is 9.32. The number of nitrogens with two attached hydrogens (primary N) is 1. The van der Waals surface area contributed by atoms with Gasteiger partial charge in [0, 0.05) is 10.6 Å². The van der Waals surface area contributed by atoms with Gasteiger partial charge in [0.15, 0.2) is 0 Å². The SMILES string of the molecule is Cc1cc(SCCCCc2ccccc2)ccc1N. The molecule has 2 aromatic carbocycles. The molecule has 2 heteroatoms. The van der Waals surface area contributed by atoms with Crippen LogP contribution in [0.3, 0.4) is 0 Å². The largest absolute Gasteiger partial charge is 0.399 e. The van der Waals surface area contributed by atoms with Crippen molar-refractivity contribution in [3.8, 4) is 0 Å². The lowest BCUT2D eigenvalue weighted by Gasteiger charge is -2.05. The van der Waals surface area contributed by atoms with E-state index in [0.717, 1.165) is 5.69 Å². The number of hydrogen-bond donors (Lipinski definition) is 1. The number of unbranched alkanes of at least 4 members (excludes halogenated alkanes) is 1. The van der Waals surface area contributed by atoms with Gasteiger partial charge in [0.25, 0.3) is 0 Å². The number of aryl methyl sites for hydroxylation is 2. The summed E-state index contributed by atoms with van der Waals surface area (Å²) in [6, 6.07) is 17.0. The molecule has 0 unspecified atom stereocenters. The van der Waals surface area contributed by atoms with Gasteiger partial charge in [0.1, 0.15) is 0 Å². The highest BCUT2D eigenvalue weighted by Crippen LogP contribution is 2.23. The van der Waals surface area contributed by atoms with Crippen LogP contribution in [0.4, 0.5) is 5.69 Å². The highest BCUT2D eigenvalue weighted by atomic mass is 32.2. The van der Waals surface area contributed by atoms with Gasteiger partial charge in [-0.25, -0.2) is 0 Å². The van der Waals surface area contributed by atoms with Crippen LogP contribution < -0.4 is 5.73 Å². The molecule has 2 aromatic rings. The molecule has 0 heterocycles. The first kappa shape index (κ1) is 14.0. The standard InChI is InChI=1S/C17H21NS/c1-14-13-16(10-11-17(14)18)19-12-6-5-9-15-7-3-2-4-8-15/h2-4,7-8,10-11,13H,5-6,9,12,18H2,1H3. The molecule has 0 fully saturated rings. The number of nitrogen functional groups attached to an aromatic ring is 1. The minimum Gasteiger partial charge on any atom is -0.399 e. The van der Waals surface area contributed by atoms with Gasteiger partial charge in [-0.05, 0) is 61.3 Å². The molecule has 1 nitrogen and oxygen atoms in total. The third kappa shape index (κ3) is 4.64. The lowest BCUT2D eigenvalue weighted by atomic mass is 10.1. The van der Waals surface area contributed by atoms with Crippen LogP contribution >= 0.6 is 11.8 Å². The van der Waals surface area contributed by atoms with Crippen molar-refractivity contribution in [3.63, 3.8) is 0 Å². The molecular weight excluding hydrogens is 250 g/mol. The summed E-state index contributed by atoms with van der Waals surface area (Å²) < 4.78 is 0. The summed E-state index contributed by atoms with van der Waals surface area (Å²) in [6.07, 6.45) is 3.69. The maximum atomic E-state index is 5.82. The highest BCUT2D eigenvalue weighted by molar-refractivity contribution is 7.99. The van der Waals surface area contributed by atoms with Crippen LogP contribution in [-0.2, 0) is 6.42 Å². The Hall–Kier alpha value is -1.41. The van der Waals surface area contributed by atoms with Crippen LogP contribution in [0.1, 0.15) is 24.0 Å². The van der Waals surface area contributed by atoms with E-state index >= 15 is 0 Å². The lowest BCUT2D eigenvalue weighted by Crippen LogP contribution is -1.90. The molecule has 0 aliphatic rings.